The Kier molecular flexibility index (Phi) is 8.51. The van der Waals surface area contributed by atoms with Gasteiger partial charge in [-0.15, -0.1) is 0 Å². The largest absolute Gasteiger partial charge is 0.310 e. The van der Waals surface area contributed by atoms with Crippen LogP contribution in [0.3, 0.4) is 0 Å². The van der Waals surface area contributed by atoms with Crippen molar-refractivity contribution in [1.82, 2.24) is 0 Å². The Bertz CT molecular complexity index is 3470. The van der Waals surface area contributed by atoms with E-state index in [4.69, 9.17) is 0 Å². The average molecular weight is 843 g/mol. The van der Waals surface area contributed by atoms with Crippen molar-refractivity contribution in [1.29, 1.82) is 0 Å². The summed E-state index contributed by atoms with van der Waals surface area (Å²) in [4.78, 5) is 5.03. The van der Waals surface area contributed by atoms with E-state index in [-0.39, 0.29) is 5.41 Å². The molecule has 312 valence electrons. The highest BCUT2D eigenvalue weighted by molar-refractivity contribution is 6.03. The molecule has 0 N–H and O–H groups in total. The maximum Gasteiger partial charge on any atom is 0.0755 e. The van der Waals surface area contributed by atoms with Crippen LogP contribution < -0.4 is 9.80 Å². The molecule has 2 nitrogen and oxygen atoms in total. The number of rotatable bonds is 6. The normalized spacial score (nSPS) is 14.1. The van der Waals surface area contributed by atoms with Crippen LogP contribution in [-0.2, 0) is 10.8 Å². The van der Waals surface area contributed by atoms with Crippen LogP contribution in [0, 0.1) is 0 Å². The first-order chi connectivity index (χ1) is 32.5. The average Bonchev–Trinajstić information content (AvgIpc) is 3.81. The Balaban J connectivity index is 1.12. The molecule has 2 aliphatic carbocycles. The zero-order chi connectivity index (χ0) is 44.0. The molecule has 66 heavy (non-hydrogen) atoms. The van der Waals surface area contributed by atoms with Crippen molar-refractivity contribution in [3.8, 4) is 44.5 Å². The van der Waals surface area contributed by atoms with Crippen molar-refractivity contribution < 1.29 is 0 Å². The fourth-order valence-electron chi connectivity index (χ4n) is 11.8. The topological polar surface area (TPSA) is 6.48 Å². The first kappa shape index (κ1) is 38.3. The first-order valence-electron chi connectivity index (χ1n) is 23.1. The van der Waals surface area contributed by atoms with Gasteiger partial charge in [0.25, 0.3) is 0 Å². The highest BCUT2D eigenvalue weighted by atomic mass is 15.2. The number of hydrogen-bond acceptors (Lipinski definition) is 2. The highest BCUT2D eigenvalue weighted by Crippen LogP contribution is 2.65. The SMILES string of the molecule is CC1(C)c2ccccc2-c2ccc(N(c3ccc(-c4ccccc4)cc3-c3ccccc3)c3cccc4c3-c3ccccc3C43c4ccccc4N(c4ccccc4)c4ccccc43)cc21. The van der Waals surface area contributed by atoms with E-state index in [1.54, 1.807) is 0 Å². The summed E-state index contributed by atoms with van der Waals surface area (Å²) < 4.78 is 0. The van der Waals surface area contributed by atoms with E-state index in [9.17, 15) is 0 Å². The molecule has 0 aromatic heterocycles. The predicted molar refractivity (Wildman–Crippen MR) is 275 cm³/mol. The third kappa shape index (κ3) is 5.42. The van der Waals surface area contributed by atoms with Crippen molar-refractivity contribution in [3.05, 3.63) is 276 Å². The summed E-state index contributed by atoms with van der Waals surface area (Å²) in [5.74, 6) is 0. The molecular formula is C64H46N2. The smallest absolute Gasteiger partial charge is 0.0755 e. The summed E-state index contributed by atoms with van der Waals surface area (Å²) in [5.41, 5.74) is 23.9. The van der Waals surface area contributed by atoms with Crippen molar-refractivity contribution in [3.63, 3.8) is 0 Å². The van der Waals surface area contributed by atoms with E-state index in [0.717, 1.165) is 22.7 Å². The predicted octanol–water partition coefficient (Wildman–Crippen LogP) is 16.9. The van der Waals surface area contributed by atoms with Gasteiger partial charge in [0.15, 0.2) is 0 Å². The third-order valence-electron chi connectivity index (χ3n) is 14.7. The van der Waals surface area contributed by atoms with Gasteiger partial charge >= 0.3 is 0 Å². The van der Waals surface area contributed by atoms with Gasteiger partial charge in [0.05, 0.1) is 28.2 Å². The second kappa shape index (κ2) is 14.7. The van der Waals surface area contributed by atoms with Crippen molar-refractivity contribution >= 4 is 34.1 Å². The van der Waals surface area contributed by atoms with Gasteiger partial charge in [0, 0.05) is 27.9 Å². The fraction of sp³-hybridized carbons (Fsp3) is 0.0625. The molecule has 0 radical (unpaired) electrons. The lowest BCUT2D eigenvalue weighted by Gasteiger charge is -2.45. The monoisotopic (exact) mass is 842 g/mol. The minimum atomic E-state index is -0.590. The van der Waals surface area contributed by atoms with Gasteiger partial charge in [0.2, 0.25) is 0 Å². The zero-order valence-electron chi connectivity index (χ0n) is 37.0. The van der Waals surface area contributed by atoms with Crippen LogP contribution in [-0.4, -0.2) is 0 Å². The van der Waals surface area contributed by atoms with E-state index in [0.29, 0.717) is 0 Å². The second-order valence-corrected chi connectivity index (χ2v) is 18.4. The van der Waals surface area contributed by atoms with E-state index in [2.05, 4.69) is 266 Å². The molecule has 2 heteroatoms. The zero-order valence-corrected chi connectivity index (χ0v) is 37.0. The van der Waals surface area contributed by atoms with Crippen LogP contribution in [0.25, 0.3) is 44.5 Å². The molecule has 1 spiro atoms. The third-order valence-corrected chi connectivity index (χ3v) is 14.7. The number of anilines is 6. The molecule has 1 aliphatic heterocycles. The molecule has 0 fully saturated rings. The molecule has 0 atom stereocenters. The van der Waals surface area contributed by atoms with Gasteiger partial charge in [-0.25, -0.2) is 0 Å². The van der Waals surface area contributed by atoms with E-state index >= 15 is 0 Å². The number of para-hydroxylation sites is 3. The van der Waals surface area contributed by atoms with Gasteiger partial charge in [-0.3, -0.25) is 0 Å². The molecule has 0 bridgehead atoms. The lowest BCUT2D eigenvalue weighted by molar-refractivity contribution is 0.660. The Labute approximate surface area is 387 Å². The highest BCUT2D eigenvalue weighted by Gasteiger charge is 2.52. The number of benzene rings is 10. The summed E-state index contributed by atoms with van der Waals surface area (Å²) in [6.45, 7) is 4.76. The van der Waals surface area contributed by atoms with E-state index in [1.807, 2.05) is 0 Å². The molecule has 0 saturated carbocycles. The summed E-state index contributed by atoms with van der Waals surface area (Å²) in [5, 5.41) is 0. The first-order valence-corrected chi connectivity index (χ1v) is 23.1. The van der Waals surface area contributed by atoms with Gasteiger partial charge in [0.1, 0.15) is 0 Å². The maximum absolute atomic E-state index is 2.57. The lowest BCUT2D eigenvalue weighted by atomic mass is 9.64. The Morgan fingerprint density at radius 1 is 0.333 bits per heavy atom. The standard InChI is InChI=1S/C64H46N2/c1-63(2)52-29-14-12-27-48(52)49-39-38-47(42-57(49)63)66(58-40-37-45(43-21-6-3-7-22-43)41-51(58)44-23-8-4-9-24-44)61-36-20-33-56-62(61)50-28-13-15-30-53(50)64(56)54-31-16-18-34-59(54)65(46-25-10-5-11-26-46)60-35-19-17-32-55(60)64/h3-42H,1-2H3. The molecule has 3 aliphatic rings. The summed E-state index contributed by atoms with van der Waals surface area (Å²) >= 11 is 0. The molecular weight excluding hydrogens is 797 g/mol. The summed E-state index contributed by atoms with van der Waals surface area (Å²) in [7, 11) is 0. The van der Waals surface area contributed by atoms with Crippen LogP contribution >= 0.6 is 0 Å². The molecule has 1 heterocycles. The van der Waals surface area contributed by atoms with Gasteiger partial charge in [-0.2, -0.15) is 0 Å². The number of hydrogen-bond donors (Lipinski definition) is 0. The van der Waals surface area contributed by atoms with Crippen LogP contribution in [0.2, 0.25) is 0 Å². The minimum Gasteiger partial charge on any atom is -0.310 e. The van der Waals surface area contributed by atoms with Gasteiger partial charge in [-0.05, 0) is 121 Å². The Hall–Kier alpha value is -8.20. The Morgan fingerprint density at radius 3 is 1.58 bits per heavy atom. The molecule has 0 saturated heterocycles. The maximum atomic E-state index is 2.57. The summed E-state index contributed by atoms with van der Waals surface area (Å²) in [6.07, 6.45) is 0. The second-order valence-electron chi connectivity index (χ2n) is 18.4. The van der Waals surface area contributed by atoms with Crippen LogP contribution in [0.15, 0.2) is 243 Å². The van der Waals surface area contributed by atoms with Crippen molar-refractivity contribution in [2.45, 2.75) is 24.7 Å². The van der Waals surface area contributed by atoms with E-state index < -0.39 is 5.41 Å². The number of nitrogens with zero attached hydrogens (tertiary/aromatic N) is 2. The van der Waals surface area contributed by atoms with Gasteiger partial charge < -0.3 is 9.80 Å². The van der Waals surface area contributed by atoms with Crippen LogP contribution in [0.4, 0.5) is 34.1 Å². The molecule has 0 amide bonds. The molecule has 10 aromatic rings. The molecule has 0 unspecified atom stereocenters. The van der Waals surface area contributed by atoms with Crippen molar-refractivity contribution in [2.24, 2.45) is 0 Å². The van der Waals surface area contributed by atoms with Crippen molar-refractivity contribution in [2.75, 3.05) is 9.80 Å². The lowest BCUT2D eigenvalue weighted by Crippen LogP contribution is -2.36. The minimum absolute atomic E-state index is 0.178. The quantitative estimate of drug-likeness (QED) is 0.165. The van der Waals surface area contributed by atoms with Gasteiger partial charge in [-0.1, -0.05) is 202 Å². The van der Waals surface area contributed by atoms with Crippen LogP contribution in [0.1, 0.15) is 47.2 Å². The van der Waals surface area contributed by atoms with E-state index in [1.165, 1.54) is 89.3 Å². The number of fused-ring (bicyclic) bond motifs is 12. The molecule has 13 rings (SSSR count). The van der Waals surface area contributed by atoms with Crippen LogP contribution in [0.5, 0.6) is 0 Å². The Morgan fingerprint density at radius 2 is 0.879 bits per heavy atom. The molecule has 10 aromatic carbocycles. The summed E-state index contributed by atoms with van der Waals surface area (Å²) in [6, 6.07) is 90.2. The fourth-order valence-corrected chi connectivity index (χ4v) is 11.8.